The van der Waals surface area contributed by atoms with Crippen molar-refractivity contribution >= 4 is 33.0 Å². The summed E-state index contributed by atoms with van der Waals surface area (Å²) in [5.74, 6) is 0.365. The Hall–Kier alpha value is -3.56. The normalized spacial score (nSPS) is 13.9. The standard InChI is InChI=1S/C24H25N3O5S/c1-31-22-10-4-20(5-11-22)26-33(29,30)23-12-6-19(7-13-23)25-24(28)18-2-8-21(9-3-18)27-14-16-32-17-15-27/h2-13,26H,14-17H2,1H3,(H,25,28). The maximum Gasteiger partial charge on any atom is 0.261 e. The van der Waals surface area contributed by atoms with E-state index in [1.54, 1.807) is 55.6 Å². The van der Waals surface area contributed by atoms with Crippen LogP contribution in [0.1, 0.15) is 10.4 Å². The summed E-state index contributed by atoms with van der Waals surface area (Å²) in [7, 11) is -2.22. The molecule has 3 aromatic rings. The molecule has 3 aromatic carbocycles. The van der Waals surface area contributed by atoms with Crippen LogP contribution in [-0.2, 0) is 14.8 Å². The largest absolute Gasteiger partial charge is 0.497 e. The average molecular weight is 468 g/mol. The van der Waals surface area contributed by atoms with Crippen molar-refractivity contribution in [3.8, 4) is 5.75 Å². The van der Waals surface area contributed by atoms with Crippen molar-refractivity contribution < 1.29 is 22.7 Å². The topological polar surface area (TPSA) is 97.0 Å². The van der Waals surface area contributed by atoms with Crippen molar-refractivity contribution in [3.05, 3.63) is 78.4 Å². The fourth-order valence-corrected chi connectivity index (χ4v) is 4.50. The van der Waals surface area contributed by atoms with Gasteiger partial charge in [0.05, 0.1) is 25.2 Å². The molecule has 33 heavy (non-hydrogen) atoms. The zero-order valence-electron chi connectivity index (χ0n) is 18.2. The minimum absolute atomic E-state index is 0.0891. The van der Waals surface area contributed by atoms with Crippen LogP contribution in [0.2, 0.25) is 0 Å². The van der Waals surface area contributed by atoms with Crippen LogP contribution in [0, 0.1) is 0 Å². The molecular formula is C24H25N3O5S. The molecule has 1 aliphatic rings. The van der Waals surface area contributed by atoms with E-state index in [1.807, 2.05) is 12.1 Å². The fraction of sp³-hybridized carbons (Fsp3) is 0.208. The number of nitrogens with zero attached hydrogens (tertiary/aromatic N) is 1. The van der Waals surface area contributed by atoms with Gasteiger partial charge in [0, 0.05) is 35.7 Å². The first-order chi connectivity index (χ1) is 15.9. The average Bonchev–Trinajstić information content (AvgIpc) is 2.85. The number of sulfonamides is 1. The number of nitrogens with one attached hydrogen (secondary N) is 2. The molecule has 1 amide bonds. The van der Waals surface area contributed by atoms with E-state index in [1.165, 1.54) is 12.1 Å². The molecule has 1 heterocycles. The summed E-state index contributed by atoms with van der Waals surface area (Å²) in [4.78, 5) is 14.9. The third-order valence-corrected chi connectivity index (χ3v) is 6.67. The molecule has 8 nitrogen and oxygen atoms in total. The predicted octanol–water partition coefficient (Wildman–Crippen LogP) is 3.58. The Balaban J connectivity index is 1.38. The van der Waals surface area contributed by atoms with Gasteiger partial charge in [0.2, 0.25) is 0 Å². The molecule has 0 aromatic heterocycles. The number of methoxy groups -OCH3 is 1. The number of carbonyl (C=O) groups is 1. The highest BCUT2D eigenvalue weighted by Gasteiger charge is 2.15. The summed E-state index contributed by atoms with van der Waals surface area (Å²) in [6.45, 7) is 3.05. The van der Waals surface area contributed by atoms with Crippen molar-refractivity contribution in [2.45, 2.75) is 4.90 Å². The number of benzene rings is 3. The first kappa shape index (κ1) is 22.6. The van der Waals surface area contributed by atoms with Gasteiger partial charge in [0.25, 0.3) is 15.9 Å². The molecule has 9 heteroatoms. The molecular weight excluding hydrogens is 442 g/mol. The van der Waals surface area contributed by atoms with Crippen LogP contribution in [0.5, 0.6) is 5.75 Å². The summed E-state index contributed by atoms with van der Waals surface area (Å²) in [5, 5.41) is 2.80. The lowest BCUT2D eigenvalue weighted by atomic mass is 10.1. The summed E-state index contributed by atoms with van der Waals surface area (Å²) in [6.07, 6.45) is 0. The van der Waals surface area contributed by atoms with Gasteiger partial charge in [-0.1, -0.05) is 0 Å². The molecule has 0 aliphatic carbocycles. The zero-order valence-corrected chi connectivity index (χ0v) is 19.0. The number of anilines is 3. The van der Waals surface area contributed by atoms with Crippen molar-refractivity contribution in [2.24, 2.45) is 0 Å². The third-order valence-electron chi connectivity index (χ3n) is 5.27. The van der Waals surface area contributed by atoms with Gasteiger partial charge in [0.15, 0.2) is 0 Å². The number of amides is 1. The number of ether oxygens (including phenoxy) is 2. The number of hydrogen-bond donors (Lipinski definition) is 2. The molecule has 0 unspecified atom stereocenters. The van der Waals surface area contributed by atoms with Gasteiger partial charge in [0.1, 0.15) is 5.75 Å². The van der Waals surface area contributed by atoms with Crippen molar-refractivity contribution in [1.29, 1.82) is 0 Å². The van der Waals surface area contributed by atoms with Crippen LogP contribution in [0.25, 0.3) is 0 Å². The van der Waals surface area contributed by atoms with Crippen LogP contribution >= 0.6 is 0 Å². The summed E-state index contributed by atoms with van der Waals surface area (Å²) in [6, 6.07) is 20.0. The Labute approximate surface area is 193 Å². The van der Waals surface area contributed by atoms with E-state index in [-0.39, 0.29) is 10.8 Å². The molecule has 0 spiro atoms. The van der Waals surface area contributed by atoms with Gasteiger partial charge in [-0.05, 0) is 72.8 Å². The number of rotatable bonds is 7. The molecule has 0 saturated carbocycles. The summed E-state index contributed by atoms with van der Waals surface area (Å²) in [5.41, 5.74) is 2.49. The lowest BCUT2D eigenvalue weighted by Gasteiger charge is -2.28. The van der Waals surface area contributed by atoms with Crippen LogP contribution < -0.4 is 19.7 Å². The second-order valence-corrected chi connectivity index (χ2v) is 9.14. The number of morpholine rings is 1. The molecule has 2 N–H and O–H groups in total. The molecule has 0 atom stereocenters. The molecule has 0 bridgehead atoms. The third kappa shape index (κ3) is 5.63. The first-order valence-corrected chi connectivity index (χ1v) is 11.9. The Kier molecular flexibility index (Phi) is 6.81. The van der Waals surface area contributed by atoms with Gasteiger partial charge >= 0.3 is 0 Å². The van der Waals surface area contributed by atoms with Crippen LogP contribution in [-0.4, -0.2) is 47.7 Å². The van der Waals surface area contributed by atoms with E-state index < -0.39 is 10.0 Å². The van der Waals surface area contributed by atoms with Gasteiger partial charge in [-0.15, -0.1) is 0 Å². The molecule has 172 valence electrons. The molecule has 0 radical (unpaired) electrons. The molecule has 1 aliphatic heterocycles. The van der Waals surface area contributed by atoms with Crippen LogP contribution in [0.15, 0.2) is 77.7 Å². The van der Waals surface area contributed by atoms with E-state index in [2.05, 4.69) is 14.9 Å². The van der Waals surface area contributed by atoms with E-state index in [9.17, 15) is 13.2 Å². The van der Waals surface area contributed by atoms with E-state index in [4.69, 9.17) is 9.47 Å². The monoisotopic (exact) mass is 467 g/mol. The van der Waals surface area contributed by atoms with Crippen molar-refractivity contribution in [1.82, 2.24) is 0 Å². The van der Waals surface area contributed by atoms with Gasteiger partial charge in [-0.25, -0.2) is 8.42 Å². The molecule has 1 saturated heterocycles. The SMILES string of the molecule is COc1ccc(NS(=O)(=O)c2ccc(NC(=O)c3ccc(N4CCOCC4)cc3)cc2)cc1. The Morgan fingerprint density at radius 3 is 2.09 bits per heavy atom. The highest BCUT2D eigenvalue weighted by atomic mass is 32.2. The number of hydrogen-bond acceptors (Lipinski definition) is 6. The minimum Gasteiger partial charge on any atom is -0.497 e. The Bertz CT molecular complexity index is 1190. The molecule has 1 fully saturated rings. The van der Waals surface area contributed by atoms with Gasteiger partial charge < -0.3 is 19.7 Å². The van der Waals surface area contributed by atoms with E-state index >= 15 is 0 Å². The lowest BCUT2D eigenvalue weighted by Crippen LogP contribution is -2.36. The van der Waals surface area contributed by atoms with Crippen LogP contribution in [0.3, 0.4) is 0 Å². The first-order valence-electron chi connectivity index (χ1n) is 10.5. The van der Waals surface area contributed by atoms with Crippen LogP contribution in [0.4, 0.5) is 17.1 Å². The highest BCUT2D eigenvalue weighted by Crippen LogP contribution is 2.21. The number of carbonyl (C=O) groups excluding carboxylic acids is 1. The van der Waals surface area contributed by atoms with Gasteiger partial charge in [-0.2, -0.15) is 0 Å². The van der Waals surface area contributed by atoms with Crippen molar-refractivity contribution in [3.63, 3.8) is 0 Å². The summed E-state index contributed by atoms with van der Waals surface area (Å²) < 4.78 is 38.2. The Morgan fingerprint density at radius 1 is 0.879 bits per heavy atom. The second-order valence-electron chi connectivity index (χ2n) is 7.46. The van der Waals surface area contributed by atoms with E-state index in [0.717, 1.165) is 18.8 Å². The van der Waals surface area contributed by atoms with Crippen molar-refractivity contribution in [2.75, 3.05) is 48.4 Å². The van der Waals surface area contributed by atoms with Gasteiger partial charge in [-0.3, -0.25) is 9.52 Å². The minimum atomic E-state index is -3.76. The quantitative estimate of drug-likeness (QED) is 0.551. The highest BCUT2D eigenvalue weighted by molar-refractivity contribution is 7.92. The molecule has 4 rings (SSSR count). The zero-order chi connectivity index (χ0) is 23.3. The predicted molar refractivity (Wildman–Crippen MR) is 128 cm³/mol. The second kappa shape index (κ2) is 9.93. The summed E-state index contributed by atoms with van der Waals surface area (Å²) >= 11 is 0. The maximum atomic E-state index is 12.6. The van der Waals surface area contributed by atoms with E-state index in [0.29, 0.717) is 35.9 Å². The Morgan fingerprint density at radius 2 is 1.48 bits per heavy atom. The lowest BCUT2D eigenvalue weighted by molar-refractivity contribution is 0.102. The maximum absolute atomic E-state index is 12.6. The fourth-order valence-electron chi connectivity index (χ4n) is 3.44. The smallest absolute Gasteiger partial charge is 0.261 e.